The van der Waals surface area contributed by atoms with Crippen LogP contribution in [-0.4, -0.2) is 46.9 Å². The quantitative estimate of drug-likeness (QED) is 0.788. The summed E-state index contributed by atoms with van der Waals surface area (Å²) in [5.41, 5.74) is -1.13. The summed E-state index contributed by atoms with van der Waals surface area (Å²) in [5.74, 6) is -1.52. The first kappa shape index (κ1) is 16.5. The average molecular weight is 284 g/mol. The van der Waals surface area contributed by atoms with Gasteiger partial charge in [-0.05, 0) is 40.0 Å². The molecule has 1 fully saturated rings. The first-order valence-corrected chi connectivity index (χ1v) is 7.05. The molecule has 0 saturated carbocycles. The summed E-state index contributed by atoms with van der Waals surface area (Å²) >= 11 is 0. The number of piperidine rings is 1. The largest absolute Gasteiger partial charge is 0.481 e. The van der Waals surface area contributed by atoms with E-state index in [4.69, 9.17) is 5.11 Å². The number of aliphatic carboxylic acids is 1. The Hall–Kier alpha value is -1.59. The van der Waals surface area contributed by atoms with Gasteiger partial charge in [0.15, 0.2) is 0 Å². The van der Waals surface area contributed by atoms with E-state index in [1.165, 1.54) is 13.8 Å². The van der Waals surface area contributed by atoms with Gasteiger partial charge >= 0.3 is 5.97 Å². The second kappa shape index (κ2) is 6.72. The SMILES string of the molecule is CC(NC(=O)CC(C)(C)C(=O)O)C(=O)N1CCCCC1. The molecule has 1 unspecified atom stereocenters. The Morgan fingerprint density at radius 2 is 1.75 bits per heavy atom. The second-order valence-electron chi connectivity index (χ2n) is 6.04. The monoisotopic (exact) mass is 284 g/mol. The van der Waals surface area contributed by atoms with Gasteiger partial charge in [0.1, 0.15) is 6.04 Å². The molecular formula is C14H24N2O4. The van der Waals surface area contributed by atoms with E-state index in [-0.39, 0.29) is 12.3 Å². The minimum atomic E-state index is -1.13. The maximum absolute atomic E-state index is 12.1. The Balaban J connectivity index is 2.48. The number of hydrogen-bond acceptors (Lipinski definition) is 3. The van der Waals surface area contributed by atoms with Crippen molar-refractivity contribution in [2.45, 2.75) is 52.5 Å². The predicted molar refractivity (Wildman–Crippen MR) is 74.1 cm³/mol. The van der Waals surface area contributed by atoms with Gasteiger partial charge in [0, 0.05) is 19.5 Å². The number of nitrogens with one attached hydrogen (secondary N) is 1. The number of carboxylic acids is 1. The number of rotatable bonds is 5. The molecule has 0 spiro atoms. The highest BCUT2D eigenvalue weighted by Crippen LogP contribution is 2.20. The first-order valence-electron chi connectivity index (χ1n) is 7.05. The van der Waals surface area contributed by atoms with Gasteiger partial charge in [-0.25, -0.2) is 0 Å². The molecule has 114 valence electrons. The van der Waals surface area contributed by atoms with Gasteiger partial charge in [-0.2, -0.15) is 0 Å². The van der Waals surface area contributed by atoms with E-state index in [1.807, 2.05) is 0 Å². The van der Waals surface area contributed by atoms with E-state index < -0.39 is 23.3 Å². The lowest BCUT2D eigenvalue weighted by Crippen LogP contribution is -2.49. The van der Waals surface area contributed by atoms with Crippen molar-refractivity contribution in [1.82, 2.24) is 10.2 Å². The lowest BCUT2D eigenvalue weighted by molar-refractivity contribution is -0.149. The molecule has 0 aromatic rings. The highest BCUT2D eigenvalue weighted by molar-refractivity contribution is 5.89. The van der Waals surface area contributed by atoms with Crippen LogP contribution in [0.1, 0.15) is 46.5 Å². The summed E-state index contributed by atoms with van der Waals surface area (Å²) in [6.45, 7) is 6.10. The molecule has 1 aliphatic rings. The number of likely N-dealkylation sites (tertiary alicyclic amines) is 1. The summed E-state index contributed by atoms with van der Waals surface area (Å²) in [5, 5.41) is 11.6. The van der Waals surface area contributed by atoms with Gasteiger partial charge in [-0.1, -0.05) is 0 Å². The molecule has 1 aliphatic heterocycles. The van der Waals surface area contributed by atoms with Gasteiger partial charge in [-0.15, -0.1) is 0 Å². The van der Waals surface area contributed by atoms with Crippen LogP contribution >= 0.6 is 0 Å². The van der Waals surface area contributed by atoms with E-state index in [9.17, 15) is 14.4 Å². The van der Waals surface area contributed by atoms with Crippen LogP contribution in [-0.2, 0) is 14.4 Å². The van der Waals surface area contributed by atoms with Crippen LogP contribution in [0, 0.1) is 5.41 Å². The van der Waals surface area contributed by atoms with Crippen molar-refractivity contribution in [3.63, 3.8) is 0 Å². The van der Waals surface area contributed by atoms with Gasteiger partial charge < -0.3 is 15.3 Å². The van der Waals surface area contributed by atoms with E-state index in [1.54, 1.807) is 11.8 Å². The Morgan fingerprint density at radius 1 is 1.20 bits per heavy atom. The molecule has 6 heteroatoms. The summed E-state index contributed by atoms with van der Waals surface area (Å²) in [6, 6.07) is -0.606. The number of carbonyl (C=O) groups excluding carboxylic acids is 2. The van der Waals surface area contributed by atoms with Crippen molar-refractivity contribution >= 4 is 17.8 Å². The fourth-order valence-electron chi connectivity index (χ4n) is 2.22. The van der Waals surface area contributed by atoms with Crippen molar-refractivity contribution in [2.24, 2.45) is 5.41 Å². The second-order valence-corrected chi connectivity index (χ2v) is 6.04. The Morgan fingerprint density at radius 3 is 2.25 bits per heavy atom. The summed E-state index contributed by atoms with van der Waals surface area (Å²) < 4.78 is 0. The molecule has 1 saturated heterocycles. The van der Waals surface area contributed by atoms with Crippen molar-refractivity contribution in [1.29, 1.82) is 0 Å². The maximum Gasteiger partial charge on any atom is 0.309 e. The fraction of sp³-hybridized carbons (Fsp3) is 0.786. The number of nitrogens with zero attached hydrogens (tertiary/aromatic N) is 1. The zero-order chi connectivity index (χ0) is 15.3. The van der Waals surface area contributed by atoms with Crippen LogP contribution in [0.5, 0.6) is 0 Å². The Kier molecular flexibility index (Phi) is 5.53. The molecule has 2 amide bonds. The first-order chi connectivity index (χ1) is 9.24. The van der Waals surface area contributed by atoms with Crippen molar-refractivity contribution in [3.05, 3.63) is 0 Å². The van der Waals surface area contributed by atoms with Crippen molar-refractivity contribution in [3.8, 4) is 0 Å². The molecular weight excluding hydrogens is 260 g/mol. The lowest BCUT2D eigenvalue weighted by atomic mass is 9.89. The number of carboxylic acid groups (broad SMARTS) is 1. The zero-order valence-electron chi connectivity index (χ0n) is 12.4. The van der Waals surface area contributed by atoms with Crippen LogP contribution in [0.3, 0.4) is 0 Å². The minimum Gasteiger partial charge on any atom is -0.481 e. The molecule has 0 aromatic heterocycles. The van der Waals surface area contributed by atoms with Crippen LogP contribution in [0.4, 0.5) is 0 Å². The van der Waals surface area contributed by atoms with Gasteiger partial charge in [0.05, 0.1) is 5.41 Å². The molecule has 0 aromatic carbocycles. The molecule has 0 radical (unpaired) electrons. The van der Waals surface area contributed by atoms with Crippen LogP contribution in [0.25, 0.3) is 0 Å². The van der Waals surface area contributed by atoms with E-state index in [2.05, 4.69) is 5.32 Å². The van der Waals surface area contributed by atoms with Gasteiger partial charge in [0.25, 0.3) is 0 Å². The predicted octanol–water partition coefficient (Wildman–Crippen LogP) is 1.00. The third-order valence-corrected chi connectivity index (χ3v) is 3.60. The van der Waals surface area contributed by atoms with Crippen LogP contribution in [0.2, 0.25) is 0 Å². The molecule has 0 aliphatic carbocycles. The third kappa shape index (κ3) is 4.51. The average Bonchev–Trinajstić information content (AvgIpc) is 2.37. The topological polar surface area (TPSA) is 86.7 Å². The number of hydrogen-bond donors (Lipinski definition) is 2. The number of amides is 2. The van der Waals surface area contributed by atoms with Crippen molar-refractivity contribution in [2.75, 3.05) is 13.1 Å². The number of carbonyl (C=O) groups is 3. The molecule has 20 heavy (non-hydrogen) atoms. The van der Waals surface area contributed by atoms with Gasteiger partial charge in [-0.3, -0.25) is 14.4 Å². The fourth-order valence-corrected chi connectivity index (χ4v) is 2.22. The Bertz CT molecular complexity index is 387. The third-order valence-electron chi connectivity index (χ3n) is 3.60. The minimum absolute atomic E-state index is 0.0915. The molecule has 0 bridgehead atoms. The molecule has 1 rings (SSSR count). The summed E-state index contributed by atoms with van der Waals surface area (Å²) in [7, 11) is 0. The lowest BCUT2D eigenvalue weighted by Gasteiger charge is -2.29. The highest BCUT2D eigenvalue weighted by Gasteiger charge is 2.31. The standard InChI is InChI=1S/C14H24N2O4/c1-10(12(18)16-7-5-4-6-8-16)15-11(17)9-14(2,3)13(19)20/h10H,4-9H2,1-3H3,(H,15,17)(H,19,20). The van der Waals surface area contributed by atoms with Gasteiger partial charge in [0.2, 0.25) is 11.8 Å². The van der Waals surface area contributed by atoms with Crippen molar-refractivity contribution < 1.29 is 19.5 Å². The molecule has 2 N–H and O–H groups in total. The van der Waals surface area contributed by atoms with E-state index in [0.29, 0.717) is 0 Å². The smallest absolute Gasteiger partial charge is 0.309 e. The summed E-state index contributed by atoms with van der Waals surface area (Å²) in [4.78, 5) is 36.7. The van der Waals surface area contributed by atoms with Crippen LogP contribution in [0.15, 0.2) is 0 Å². The molecule has 6 nitrogen and oxygen atoms in total. The van der Waals surface area contributed by atoms with Crippen LogP contribution < -0.4 is 5.32 Å². The normalized spacial score (nSPS) is 17.4. The molecule has 1 heterocycles. The zero-order valence-corrected chi connectivity index (χ0v) is 12.4. The maximum atomic E-state index is 12.1. The highest BCUT2D eigenvalue weighted by atomic mass is 16.4. The Labute approximate surface area is 119 Å². The van der Waals surface area contributed by atoms with E-state index in [0.717, 1.165) is 32.4 Å². The van der Waals surface area contributed by atoms with E-state index >= 15 is 0 Å². The molecule has 1 atom stereocenters. The summed E-state index contributed by atoms with van der Waals surface area (Å²) in [6.07, 6.45) is 2.99.